The lowest BCUT2D eigenvalue weighted by Gasteiger charge is -2.16. The van der Waals surface area contributed by atoms with Gasteiger partial charge in [-0.25, -0.2) is 0 Å². The summed E-state index contributed by atoms with van der Waals surface area (Å²) in [7, 11) is 1.93. The Morgan fingerprint density at radius 1 is 1.29 bits per heavy atom. The third-order valence-electron chi connectivity index (χ3n) is 5.83. The van der Waals surface area contributed by atoms with Crippen LogP contribution in [0.15, 0.2) is 54.9 Å². The number of Topliss-reactive ketones (excluding diaryl/α,β-unsaturated/α-hetero) is 1. The SMILES string of the molecule is C=C1Oc2ccc(-c3ccc(CC(C#N)CC(=O)C4CNCCCO4)cc3)cc2N1C. The quantitative estimate of drug-likeness (QED) is 0.773. The number of nitriles is 1. The molecule has 160 valence electrons. The summed E-state index contributed by atoms with van der Waals surface area (Å²) in [6, 6.07) is 16.5. The Bertz CT molecular complexity index is 1000. The first kappa shape index (κ1) is 21.1. The number of ether oxygens (including phenoxy) is 2. The third-order valence-corrected chi connectivity index (χ3v) is 5.83. The molecule has 0 aromatic heterocycles. The van der Waals surface area contributed by atoms with Crippen LogP contribution in [-0.4, -0.2) is 38.6 Å². The molecule has 6 nitrogen and oxygen atoms in total. The van der Waals surface area contributed by atoms with Crippen molar-refractivity contribution in [2.75, 3.05) is 31.6 Å². The van der Waals surface area contributed by atoms with E-state index in [0.717, 1.165) is 41.1 Å². The van der Waals surface area contributed by atoms with Crippen molar-refractivity contribution >= 4 is 11.5 Å². The molecule has 2 heterocycles. The highest BCUT2D eigenvalue weighted by atomic mass is 16.5. The van der Waals surface area contributed by atoms with E-state index in [9.17, 15) is 10.1 Å². The predicted molar refractivity (Wildman–Crippen MR) is 120 cm³/mol. The monoisotopic (exact) mass is 417 g/mol. The first-order valence-corrected chi connectivity index (χ1v) is 10.6. The number of nitrogens with zero attached hydrogens (tertiary/aromatic N) is 2. The Morgan fingerprint density at radius 3 is 2.84 bits per heavy atom. The average molecular weight is 418 g/mol. The van der Waals surface area contributed by atoms with Gasteiger partial charge in [0.2, 0.25) is 0 Å². The molecule has 0 saturated carbocycles. The molecule has 0 radical (unpaired) electrons. The second-order valence-corrected chi connectivity index (χ2v) is 8.05. The number of rotatable bonds is 6. The second kappa shape index (κ2) is 9.34. The normalized spacial score (nSPS) is 19.2. The van der Waals surface area contributed by atoms with Crippen LogP contribution in [0.25, 0.3) is 11.1 Å². The number of benzene rings is 2. The van der Waals surface area contributed by atoms with E-state index in [-0.39, 0.29) is 18.1 Å². The molecule has 2 atom stereocenters. The van der Waals surface area contributed by atoms with Gasteiger partial charge in [0, 0.05) is 26.6 Å². The molecule has 6 heteroatoms. The highest BCUT2D eigenvalue weighted by molar-refractivity contribution is 5.84. The summed E-state index contributed by atoms with van der Waals surface area (Å²) < 4.78 is 11.3. The van der Waals surface area contributed by atoms with Crippen molar-refractivity contribution in [2.45, 2.75) is 25.4 Å². The summed E-state index contributed by atoms with van der Waals surface area (Å²) in [6.45, 7) is 5.87. The van der Waals surface area contributed by atoms with Crippen LogP contribution in [-0.2, 0) is 16.0 Å². The first-order valence-electron chi connectivity index (χ1n) is 10.6. The maximum atomic E-state index is 12.6. The van der Waals surface area contributed by atoms with Crippen LogP contribution in [0.3, 0.4) is 0 Å². The van der Waals surface area contributed by atoms with Gasteiger partial charge in [0.15, 0.2) is 17.4 Å². The molecule has 1 fully saturated rings. The number of fused-ring (bicyclic) bond motifs is 1. The van der Waals surface area contributed by atoms with Crippen LogP contribution < -0.4 is 15.0 Å². The van der Waals surface area contributed by atoms with E-state index in [4.69, 9.17) is 9.47 Å². The van der Waals surface area contributed by atoms with Crippen molar-refractivity contribution in [3.05, 3.63) is 60.5 Å². The number of carbonyl (C=O) groups is 1. The Labute approximate surface area is 183 Å². The van der Waals surface area contributed by atoms with Crippen molar-refractivity contribution < 1.29 is 14.3 Å². The average Bonchev–Trinajstić information content (AvgIpc) is 2.96. The van der Waals surface area contributed by atoms with Crippen molar-refractivity contribution in [1.29, 1.82) is 5.26 Å². The van der Waals surface area contributed by atoms with E-state index in [0.29, 0.717) is 25.5 Å². The lowest BCUT2D eigenvalue weighted by molar-refractivity contribution is -0.130. The molecule has 0 aliphatic carbocycles. The van der Waals surface area contributed by atoms with Gasteiger partial charge >= 0.3 is 0 Å². The molecule has 0 spiro atoms. The van der Waals surface area contributed by atoms with Gasteiger partial charge < -0.3 is 19.7 Å². The number of hydrogen-bond acceptors (Lipinski definition) is 6. The molecule has 0 amide bonds. The molecular formula is C25H27N3O3. The smallest absolute Gasteiger partial charge is 0.193 e. The van der Waals surface area contributed by atoms with Crippen molar-refractivity contribution in [1.82, 2.24) is 5.32 Å². The topological polar surface area (TPSA) is 74.6 Å². The lowest BCUT2D eigenvalue weighted by atomic mass is 9.93. The van der Waals surface area contributed by atoms with Crippen LogP contribution in [0.4, 0.5) is 5.69 Å². The largest absolute Gasteiger partial charge is 0.439 e. The minimum atomic E-state index is -0.446. The third kappa shape index (κ3) is 4.79. The fourth-order valence-electron chi connectivity index (χ4n) is 3.95. The van der Waals surface area contributed by atoms with E-state index in [2.05, 4.69) is 36.2 Å². The number of carbonyl (C=O) groups excluding carboxylic acids is 1. The Morgan fingerprint density at radius 2 is 2.06 bits per heavy atom. The fraction of sp³-hybridized carbons (Fsp3) is 0.360. The molecule has 1 saturated heterocycles. The Hall–Kier alpha value is -3.14. The van der Waals surface area contributed by atoms with Crippen molar-refractivity contribution in [3.8, 4) is 22.9 Å². The van der Waals surface area contributed by atoms with E-state index >= 15 is 0 Å². The van der Waals surface area contributed by atoms with Crippen LogP contribution in [0, 0.1) is 17.2 Å². The van der Waals surface area contributed by atoms with E-state index < -0.39 is 6.10 Å². The van der Waals surface area contributed by atoms with Crippen LogP contribution in [0.2, 0.25) is 0 Å². The first-order chi connectivity index (χ1) is 15.0. The molecule has 2 aliphatic heterocycles. The minimum absolute atomic E-state index is 0.00337. The molecule has 2 aromatic rings. The zero-order valence-corrected chi connectivity index (χ0v) is 17.8. The summed E-state index contributed by atoms with van der Waals surface area (Å²) in [5.74, 6) is 1.07. The van der Waals surface area contributed by atoms with E-state index in [1.807, 2.05) is 36.2 Å². The van der Waals surface area contributed by atoms with Crippen LogP contribution in [0.5, 0.6) is 5.75 Å². The summed E-state index contributed by atoms with van der Waals surface area (Å²) in [6.07, 6.45) is 1.22. The lowest BCUT2D eigenvalue weighted by Crippen LogP contribution is -2.34. The highest BCUT2D eigenvalue weighted by Gasteiger charge is 2.24. The molecule has 31 heavy (non-hydrogen) atoms. The highest BCUT2D eigenvalue weighted by Crippen LogP contribution is 2.40. The molecule has 1 N–H and O–H groups in total. The zero-order chi connectivity index (χ0) is 21.8. The van der Waals surface area contributed by atoms with Crippen LogP contribution >= 0.6 is 0 Å². The van der Waals surface area contributed by atoms with Gasteiger partial charge in [0.05, 0.1) is 17.7 Å². The van der Waals surface area contributed by atoms with E-state index in [1.165, 1.54) is 0 Å². The number of nitrogens with one attached hydrogen (secondary N) is 1. The van der Waals surface area contributed by atoms with Crippen molar-refractivity contribution in [3.63, 3.8) is 0 Å². The molecule has 2 aromatic carbocycles. The summed E-state index contributed by atoms with van der Waals surface area (Å²) in [5.41, 5.74) is 4.20. The Kier molecular flexibility index (Phi) is 6.36. The standard InChI is InChI=1S/C25H27N3O3/c1-17-28(2)22-14-21(8-9-24(22)31-17)20-6-4-18(5-7-20)12-19(15-26)13-23(29)25-16-27-10-3-11-30-25/h4-9,14,19,25,27H,1,3,10-13,16H2,2H3. The minimum Gasteiger partial charge on any atom is -0.439 e. The fourth-order valence-corrected chi connectivity index (χ4v) is 3.95. The predicted octanol–water partition coefficient (Wildman–Crippen LogP) is 3.67. The van der Waals surface area contributed by atoms with Gasteiger partial charge in [0.1, 0.15) is 6.10 Å². The van der Waals surface area contributed by atoms with Gasteiger partial charge in [-0.1, -0.05) is 30.3 Å². The molecule has 0 bridgehead atoms. The Balaban J connectivity index is 1.40. The maximum absolute atomic E-state index is 12.6. The summed E-state index contributed by atoms with van der Waals surface area (Å²) in [5, 5.41) is 12.8. The van der Waals surface area contributed by atoms with Crippen LogP contribution in [0.1, 0.15) is 18.4 Å². The van der Waals surface area contributed by atoms with Gasteiger partial charge in [-0.2, -0.15) is 5.26 Å². The van der Waals surface area contributed by atoms with Gasteiger partial charge in [-0.05, 0) is 54.8 Å². The maximum Gasteiger partial charge on any atom is 0.193 e. The summed E-state index contributed by atoms with van der Waals surface area (Å²) >= 11 is 0. The molecule has 4 rings (SSSR count). The molecular weight excluding hydrogens is 390 g/mol. The zero-order valence-electron chi connectivity index (χ0n) is 17.8. The molecule has 2 unspecified atom stereocenters. The van der Waals surface area contributed by atoms with Gasteiger partial charge in [0.25, 0.3) is 0 Å². The van der Waals surface area contributed by atoms with Gasteiger partial charge in [-0.3, -0.25) is 4.79 Å². The number of hydrogen-bond donors (Lipinski definition) is 1. The number of ketones is 1. The number of anilines is 1. The molecule has 2 aliphatic rings. The summed E-state index contributed by atoms with van der Waals surface area (Å²) in [4.78, 5) is 14.5. The van der Waals surface area contributed by atoms with E-state index in [1.54, 1.807) is 0 Å². The van der Waals surface area contributed by atoms with Crippen molar-refractivity contribution in [2.24, 2.45) is 5.92 Å². The second-order valence-electron chi connectivity index (χ2n) is 8.05. The van der Waals surface area contributed by atoms with Gasteiger partial charge in [-0.15, -0.1) is 0 Å².